The Bertz CT molecular complexity index is 1670. The van der Waals surface area contributed by atoms with Gasteiger partial charge in [-0.1, -0.05) is 30.3 Å². The molecule has 2 aliphatic heterocycles. The van der Waals surface area contributed by atoms with Gasteiger partial charge in [0.05, 0.1) is 0 Å². The highest BCUT2D eigenvalue weighted by atomic mass is 16.3. The topological polar surface area (TPSA) is 61.9 Å². The number of rotatable bonds is 3. The fourth-order valence-electron chi connectivity index (χ4n) is 5.88. The molecule has 0 fully saturated rings. The van der Waals surface area contributed by atoms with Gasteiger partial charge in [0.2, 0.25) is 0 Å². The van der Waals surface area contributed by atoms with E-state index in [1.807, 2.05) is 30.9 Å². The van der Waals surface area contributed by atoms with Crippen LogP contribution in [0.4, 0.5) is 0 Å². The molecule has 2 aliphatic rings. The summed E-state index contributed by atoms with van der Waals surface area (Å²) < 4.78 is 17.5. The number of aromatic nitrogens is 4. The summed E-state index contributed by atoms with van der Waals surface area (Å²) in [5.41, 5.74) is 6.77. The Labute approximate surface area is 220 Å². The van der Waals surface area contributed by atoms with Crippen molar-refractivity contribution in [2.75, 3.05) is 0 Å². The van der Waals surface area contributed by atoms with Gasteiger partial charge in [0.15, 0.2) is 23.2 Å². The summed E-state index contributed by atoms with van der Waals surface area (Å²) >= 11 is 0. The van der Waals surface area contributed by atoms with Crippen LogP contribution in [0.3, 0.4) is 0 Å². The molecule has 6 heteroatoms. The van der Waals surface area contributed by atoms with Crippen molar-refractivity contribution in [3.8, 4) is 56.9 Å². The Morgan fingerprint density at radius 3 is 1.66 bits per heavy atom. The molecule has 8 rings (SSSR count). The summed E-state index contributed by atoms with van der Waals surface area (Å²) in [4.78, 5) is 9.20. The molecular weight excluding hydrogens is 472 g/mol. The lowest BCUT2D eigenvalue weighted by Crippen LogP contribution is -1.96. The van der Waals surface area contributed by atoms with Crippen molar-refractivity contribution in [2.45, 2.75) is 38.8 Å². The van der Waals surface area contributed by atoms with Crippen LogP contribution >= 0.6 is 0 Å². The largest absolute Gasteiger partial charge is 0.453 e. The maximum absolute atomic E-state index is 6.55. The van der Waals surface area contributed by atoms with Gasteiger partial charge in [-0.2, -0.15) is 0 Å². The van der Waals surface area contributed by atoms with E-state index in [2.05, 4.69) is 73.7 Å². The highest BCUT2D eigenvalue weighted by molar-refractivity contribution is 5.80. The van der Waals surface area contributed by atoms with E-state index in [1.54, 1.807) is 0 Å². The smallest absolute Gasteiger partial charge is 0.176 e. The van der Waals surface area contributed by atoms with Gasteiger partial charge < -0.3 is 18.0 Å². The lowest BCUT2D eigenvalue weighted by atomic mass is 9.97. The fraction of sp³-hybridized carbons (Fsp3) is 0.188. The quantitative estimate of drug-likeness (QED) is 0.254. The zero-order valence-corrected chi connectivity index (χ0v) is 20.9. The van der Waals surface area contributed by atoms with Crippen molar-refractivity contribution >= 4 is 0 Å². The summed E-state index contributed by atoms with van der Waals surface area (Å²) in [7, 11) is 0. The third-order valence-electron chi connectivity index (χ3n) is 7.75. The van der Waals surface area contributed by atoms with E-state index in [0.29, 0.717) is 0 Å². The first-order valence-corrected chi connectivity index (χ1v) is 13.3. The molecule has 0 saturated heterocycles. The Balaban J connectivity index is 1.29. The van der Waals surface area contributed by atoms with Gasteiger partial charge in [0.1, 0.15) is 11.5 Å². The van der Waals surface area contributed by atoms with Crippen LogP contribution in [0.2, 0.25) is 0 Å². The van der Waals surface area contributed by atoms with Gasteiger partial charge in [-0.15, -0.1) is 0 Å². The number of hydrogen-bond donors (Lipinski definition) is 0. The summed E-state index contributed by atoms with van der Waals surface area (Å²) in [6.07, 6.45) is 11.9. The Hall–Kier alpha value is -4.58. The maximum Gasteiger partial charge on any atom is 0.176 e. The van der Waals surface area contributed by atoms with E-state index < -0.39 is 0 Å². The molecule has 0 amide bonds. The van der Waals surface area contributed by atoms with Crippen LogP contribution in [0.25, 0.3) is 56.9 Å². The van der Waals surface area contributed by atoms with Crippen molar-refractivity contribution in [1.29, 1.82) is 0 Å². The first-order chi connectivity index (χ1) is 18.8. The van der Waals surface area contributed by atoms with Crippen LogP contribution in [0, 0.1) is 0 Å². The molecule has 6 nitrogen and oxygen atoms in total. The second-order valence-electron chi connectivity index (χ2n) is 10.2. The van der Waals surface area contributed by atoms with E-state index in [-0.39, 0.29) is 0 Å². The minimum Gasteiger partial charge on any atom is -0.453 e. The van der Waals surface area contributed by atoms with Crippen LogP contribution < -0.4 is 0 Å². The predicted octanol–water partition coefficient (Wildman–Crippen LogP) is 7.49. The normalized spacial score (nSPS) is 14.2. The Morgan fingerprint density at radius 1 is 0.579 bits per heavy atom. The molecule has 6 aromatic rings. The minimum atomic E-state index is 0.856. The highest BCUT2D eigenvalue weighted by Crippen LogP contribution is 2.40. The van der Waals surface area contributed by atoms with E-state index in [0.717, 1.165) is 95.7 Å². The van der Waals surface area contributed by atoms with Crippen LogP contribution in [0.1, 0.15) is 24.0 Å². The summed E-state index contributed by atoms with van der Waals surface area (Å²) in [5.74, 6) is 5.29. The third kappa shape index (κ3) is 3.48. The van der Waals surface area contributed by atoms with Crippen molar-refractivity contribution in [1.82, 2.24) is 19.1 Å². The van der Waals surface area contributed by atoms with Crippen LogP contribution in [0.5, 0.6) is 0 Å². The average Bonchev–Trinajstić information content (AvgIpc) is 3.74. The predicted molar refractivity (Wildman–Crippen MR) is 146 cm³/mol. The molecule has 0 radical (unpaired) electrons. The molecule has 0 atom stereocenters. The van der Waals surface area contributed by atoms with Crippen LogP contribution in [-0.4, -0.2) is 19.1 Å². The summed E-state index contributed by atoms with van der Waals surface area (Å²) in [5, 5.41) is 0. The Morgan fingerprint density at radius 2 is 1.11 bits per heavy atom. The molecule has 4 aromatic heterocycles. The Kier molecular flexibility index (Phi) is 4.80. The molecule has 186 valence electrons. The molecular formula is C32H26N4O2. The van der Waals surface area contributed by atoms with E-state index in [4.69, 9.17) is 8.83 Å². The van der Waals surface area contributed by atoms with Crippen molar-refractivity contribution in [3.05, 3.63) is 96.6 Å². The molecule has 0 unspecified atom stereocenters. The summed E-state index contributed by atoms with van der Waals surface area (Å²) in [6.45, 7) is 1.92. The zero-order valence-electron chi connectivity index (χ0n) is 20.9. The maximum atomic E-state index is 6.55. The molecule has 0 aliphatic carbocycles. The van der Waals surface area contributed by atoms with Gasteiger partial charge in [0.25, 0.3) is 0 Å². The highest BCUT2D eigenvalue weighted by Gasteiger charge is 2.24. The van der Waals surface area contributed by atoms with E-state index in [9.17, 15) is 0 Å². The van der Waals surface area contributed by atoms with Gasteiger partial charge in [-0.3, -0.25) is 0 Å². The second-order valence-corrected chi connectivity index (χ2v) is 10.2. The summed E-state index contributed by atoms with van der Waals surface area (Å²) in [6, 6.07) is 21.5. The first-order valence-electron chi connectivity index (χ1n) is 13.3. The molecule has 0 saturated carbocycles. The van der Waals surface area contributed by atoms with Gasteiger partial charge >= 0.3 is 0 Å². The van der Waals surface area contributed by atoms with Crippen molar-refractivity contribution < 1.29 is 8.83 Å². The third-order valence-corrected chi connectivity index (χ3v) is 7.75. The number of furan rings is 2. The average molecular weight is 499 g/mol. The van der Waals surface area contributed by atoms with Crippen molar-refractivity contribution in [3.63, 3.8) is 0 Å². The number of nitrogens with zero attached hydrogens (tertiary/aromatic N) is 4. The monoisotopic (exact) mass is 498 g/mol. The number of hydrogen-bond acceptors (Lipinski definition) is 4. The standard InChI is InChI=1S/C32H26N4O2/c1-2-6-21(7-3-1)24-16-25(27-19-22-8-4-12-35-14-10-33-31(35)29(22)37-27)18-26(17-24)28-20-23-9-5-13-36-15-11-34-32(36)30(23)38-28/h1-3,6-7,10-11,14-20H,4-5,8-9,12-13H2. The van der Waals surface area contributed by atoms with E-state index >= 15 is 0 Å². The van der Waals surface area contributed by atoms with Crippen LogP contribution in [-0.2, 0) is 25.9 Å². The SMILES string of the molecule is c1ccc(-c2cc(-c3cc4c(o3)-c3nccn3CCC4)cc(-c3cc4c(o3)-c3nccn3CCC4)c2)cc1. The molecule has 0 N–H and O–H groups in total. The zero-order chi connectivity index (χ0) is 25.1. The molecule has 0 spiro atoms. The second kappa shape index (κ2) is 8.48. The fourth-order valence-corrected chi connectivity index (χ4v) is 5.88. The molecule has 2 aromatic carbocycles. The lowest BCUT2D eigenvalue weighted by Gasteiger charge is -2.09. The first kappa shape index (κ1) is 21.5. The molecule has 0 bridgehead atoms. The van der Waals surface area contributed by atoms with E-state index in [1.165, 1.54) is 11.1 Å². The van der Waals surface area contributed by atoms with Gasteiger partial charge in [-0.25, -0.2) is 9.97 Å². The number of benzene rings is 2. The van der Waals surface area contributed by atoms with Crippen molar-refractivity contribution in [2.24, 2.45) is 0 Å². The lowest BCUT2D eigenvalue weighted by molar-refractivity contribution is 0.583. The van der Waals surface area contributed by atoms with Crippen LogP contribution in [0.15, 0.2) is 94.3 Å². The molecule has 38 heavy (non-hydrogen) atoms. The minimum absolute atomic E-state index is 0.856. The molecule has 6 heterocycles. The van der Waals surface area contributed by atoms with Gasteiger partial charge in [-0.05, 0) is 67.1 Å². The number of imidazole rings is 2. The number of fused-ring (bicyclic) bond motifs is 6. The number of aryl methyl sites for hydroxylation is 4. The van der Waals surface area contributed by atoms with Gasteiger partial charge in [0, 0.05) is 60.1 Å².